The minimum atomic E-state index is 0.536. The second-order valence-electron chi connectivity index (χ2n) is 21.7. The van der Waals surface area contributed by atoms with Crippen LogP contribution in [0.3, 0.4) is 0 Å². The van der Waals surface area contributed by atoms with Crippen LogP contribution >= 0.6 is 0 Å². The fraction of sp³-hybridized carbons (Fsp3) is 0. The predicted molar refractivity (Wildman–Crippen MR) is 340 cm³/mol. The number of imidazole rings is 2. The zero-order valence-electron chi connectivity index (χ0n) is 44.6. The molecule has 84 heavy (non-hydrogen) atoms. The molecule has 0 radical (unpaired) electrons. The third kappa shape index (κ3) is 6.21. The van der Waals surface area contributed by atoms with Gasteiger partial charge in [-0.1, -0.05) is 170 Å². The Bertz CT molecular complexity index is 6050. The van der Waals surface area contributed by atoms with Gasteiger partial charge in [-0.05, 0) is 99.8 Å². The summed E-state index contributed by atoms with van der Waals surface area (Å²) in [5, 5.41) is 11.9. The van der Waals surface area contributed by atoms with Crippen molar-refractivity contribution >= 4 is 131 Å². The van der Waals surface area contributed by atoms with Gasteiger partial charge >= 0.3 is 0 Å². The first kappa shape index (κ1) is 45.1. The molecule has 0 N–H and O–H groups in total. The van der Waals surface area contributed by atoms with Gasteiger partial charge in [0.2, 0.25) is 5.95 Å². The van der Waals surface area contributed by atoms with E-state index in [0.29, 0.717) is 5.95 Å². The fourth-order valence-electron chi connectivity index (χ4n) is 13.6. The molecular weight excluding hydrogens is 1030 g/mol. The Labute approximate surface area is 476 Å². The van der Waals surface area contributed by atoms with E-state index in [2.05, 4.69) is 212 Å². The summed E-state index contributed by atoms with van der Waals surface area (Å²) in [5.74, 6) is 1.31. The van der Waals surface area contributed by atoms with Crippen molar-refractivity contribution in [3.63, 3.8) is 0 Å². The third-order valence-electron chi connectivity index (χ3n) is 17.2. The van der Waals surface area contributed by atoms with Gasteiger partial charge in [0.25, 0.3) is 0 Å². The van der Waals surface area contributed by atoms with Crippen LogP contribution in [0.2, 0.25) is 0 Å². The van der Waals surface area contributed by atoms with E-state index in [-0.39, 0.29) is 0 Å². The number of rotatable bonds is 5. The molecule has 19 rings (SSSR count). The minimum absolute atomic E-state index is 0.536. The maximum atomic E-state index is 5.59. The molecule has 11 nitrogen and oxygen atoms in total. The molecule has 10 heterocycles. The largest absolute Gasteiger partial charge is 0.289 e. The van der Waals surface area contributed by atoms with E-state index < -0.39 is 0 Å². The lowest BCUT2D eigenvalue weighted by atomic mass is 9.95. The molecule has 10 aromatic heterocycles. The van der Waals surface area contributed by atoms with Crippen LogP contribution in [0, 0.1) is 0 Å². The van der Waals surface area contributed by atoms with Gasteiger partial charge < -0.3 is 0 Å². The summed E-state index contributed by atoms with van der Waals surface area (Å²) in [6, 6.07) is 83.5. The van der Waals surface area contributed by atoms with Crippen LogP contribution in [0.5, 0.6) is 0 Å². The Kier molecular flexibility index (Phi) is 9.09. The Morgan fingerprint density at radius 2 is 0.857 bits per heavy atom. The highest BCUT2D eigenvalue weighted by Crippen LogP contribution is 2.43. The Balaban J connectivity index is 0.788. The second kappa shape index (κ2) is 16.9. The molecule has 0 atom stereocenters. The minimum Gasteiger partial charge on any atom is -0.289 e. The van der Waals surface area contributed by atoms with Crippen molar-refractivity contribution in [2.45, 2.75) is 0 Å². The monoisotopic (exact) mass is 1070 g/mol. The second-order valence-corrected chi connectivity index (χ2v) is 21.7. The van der Waals surface area contributed by atoms with E-state index in [1.54, 1.807) is 0 Å². The van der Waals surface area contributed by atoms with Gasteiger partial charge in [0.05, 0.1) is 44.3 Å². The molecule has 388 valence electrons. The zero-order valence-corrected chi connectivity index (χ0v) is 44.6. The van der Waals surface area contributed by atoms with Gasteiger partial charge in [-0.2, -0.15) is 0 Å². The third-order valence-corrected chi connectivity index (χ3v) is 17.2. The molecule has 0 spiro atoms. The number of hydrogen-bond donors (Lipinski definition) is 0. The highest BCUT2D eigenvalue weighted by Gasteiger charge is 2.26. The molecule has 11 heteroatoms. The van der Waals surface area contributed by atoms with Crippen molar-refractivity contribution in [3.05, 3.63) is 249 Å². The summed E-state index contributed by atoms with van der Waals surface area (Å²) in [6.07, 6.45) is 3.67. The van der Waals surface area contributed by atoms with Gasteiger partial charge in [-0.15, -0.1) is 0 Å². The van der Waals surface area contributed by atoms with Crippen molar-refractivity contribution in [1.82, 2.24) is 52.8 Å². The van der Waals surface area contributed by atoms with E-state index in [1.165, 1.54) is 10.8 Å². The fourth-order valence-corrected chi connectivity index (χ4v) is 13.6. The van der Waals surface area contributed by atoms with Gasteiger partial charge in [-0.25, -0.2) is 24.9 Å². The molecule has 0 amide bonds. The van der Waals surface area contributed by atoms with Crippen LogP contribution < -0.4 is 0 Å². The van der Waals surface area contributed by atoms with Crippen molar-refractivity contribution in [1.29, 1.82) is 0 Å². The van der Waals surface area contributed by atoms with E-state index in [9.17, 15) is 0 Å². The lowest BCUT2D eigenvalue weighted by molar-refractivity contribution is 0.999. The lowest BCUT2D eigenvalue weighted by Crippen LogP contribution is -2.04. The van der Waals surface area contributed by atoms with E-state index in [4.69, 9.17) is 34.9 Å². The van der Waals surface area contributed by atoms with Gasteiger partial charge in [0.1, 0.15) is 33.8 Å². The number of benzene rings is 9. The van der Waals surface area contributed by atoms with Crippen LogP contribution in [-0.4, -0.2) is 52.8 Å². The maximum Gasteiger partial charge on any atom is 0.237 e. The SMILES string of the molecule is c1ccc(-c2nc(-n3c4ccccc4c4c3nc3c5ccc(-c6ccc(-c7cc(-n8c9ccccc9c9c8nc8c%10ccccc%10c%10ccccc%10n89)nc8c7ccc7cccnc78)cc6)cc5c5ccccc5n34)nc3ccccc23)nc1. The molecule has 0 aliphatic carbocycles. The first-order chi connectivity index (χ1) is 41.7. The van der Waals surface area contributed by atoms with Gasteiger partial charge in [0.15, 0.2) is 11.3 Å². The number of fused-ring (bicyclic) bond motifs is 24. The molecule has 0 aliphatic rings. The normalized spacial score (nSPS) is 12.3. The molecule has 0 saturated carbocycles. The molecule has 0 fully saturated rings. The topological polar surface area (TPSA) is 109 Å². The van der Waals surface area contributed by atoms with Gasteiger partial charge in [0, 0.05) is 60.9 Å². The summed E-state index contributed by atoms with van der Waals surface area (Å²) in [5.41, 5.74) is 18.0. The van der Waals surface area contributed by atoms with Crippen LogP contribution in [0.4, 0.5) is 0 Å². The summed E-state index contributed by atoms with van der Waals surface area (Å²) < 4.78 is 9.04. The van der Waals surface area contributed by atoms with Crippen molar-refractivity contribution in [2.24, 2.45) is 0 Å². The van der Waals surface area contributed by atoms with Gasteiger partial charge in [-0.3, -0.25) is 27.9 Å². The maximum absolute atomic E-state index is 5.59. The molecule has 0 aliphatic heterocycles. The van der Waals surface area contributed by atoms with Crippen LogP contribution in [-0.2, 0) is 0 Å². The van der Waals surface area contributed by atoms with Crippen molar-refractivity contribution < 1.29 is 0 Å². The molecule has 0 saturated heterocycles. The Morgan fingerprint density at radius 3 is 1.58 bits per heavy atom. The Hall–Kier alpha value is -11.7. The van der Waals surface area contributed by atoms with Crippen molar-refractivity contribution in [3.8, 4) is 45.4 Å². The zero-order chi connectivity index (χ0) is 54.7. The van der Waals surface area contributed by atoms with Crippen LogP contribution in [0.1, 0.15) is 0 Å². The average Bonchev–Trinajstić information content (AvgIpc) is 1.66. The predicted octanol–water partition coefficient (Wildman–Crippen LogP) is 17.2. The molecule has 0 bridgehead atoms. The lowest BCUT2D eigenvalue weighted by Gasteiger charge is -2.14. The van der Waals surface area contributed by atoms with E-state index in [0.717, 1.165) is 160 Å². The highest BCUT2D eigenvalue weighted by atomic mass is 15.2. The average molecular weight is 1070 g/mol. The standard InChI is InChI=1S/C73H41N11/c1-2-20-50-46(17-1)47-18-4-9-26-59(47)82-67-53-22-6-11-28-61(53)81(71(67)79-69(50)82)63-41-55(49-36-34-44-16-15-39-75-64(44)66(49)77-63)43-32-30-42(31-33-43)45-35-37-51-56(40-45)48-19-5-10-27-60(48)83-68-54-23-7-12-29-62(54)84(72(68)80-70(51)83)73-76-57-24-8-3-21-52(57)65(78-73)58-25-13-14-38-74-58/h1-41H. The quantitative estimate of drug-likeness (QED) is 0.158. The summed E-state index contributed by atoms with van der Waals surface area (Å²) in [7, 11) is 0. The first-order valence-electron chi connectivity index (χ1n) is 28.1. The molecule has 0 unspecified atom stereocenters. The molecule has 19 aromatic rings. The highest BCUT2D eigenvalue weighted by molar-refractivity contribution is 6.20. The number of hydrogen-bond acceptors (Lipinski definition) is 7. The number of pyridine rings is 5. The molecule has 9 aromatic carbocycles. The number of nitrogens with zero attached hydrogens (tertiary/aromatic N) is 11. The summed E-state index contributed by atoms with van der Waals surface area (Å²) in [4.78, 5) is 37.0. The summed E-state index contributed by atoms with van der Waals surface area (Å²) >= 11 is 0. The summed E-state index contributed by atoms with van der Waals surface area (Å²) in [6.45, 7) is 0. The van der Waals surface area contributed by atoms with Crippen molar-refractivity contribution in [2.75, 3.05) is 0 Å². The molecular formula is C73H41N11. The number of para-hydroxylation sites is 5. The van der Waals surface area contributed by atoms with Crippen LogP contribution in [0.25, 0.3) is 177 Å². The van der Waals surface area contributed by atoms with E-state index >= 15 is 0 Å². The van der Waals surface area contributed by atoms with Crippen LogP contribution in [0.15, 0.2) is 249 Å². The van der Waals surface area contributed by atoms with E-state index in [1.807, 2.05) is 54.9 Å². The Morgan fingerprint density at radius 1 is 0.298 bits per heavy atom. The smallest absolute Gasteiger partial charge is 0.237 e. The first-order valence-corrected chi connectivity index (χ1v) is 28.1. The number of aromatic nitrogens is 11.